The highest BCUT2D eigenvalue weighted by Gasteiger charge is 2.21. The smallest absolute Gasteiger partial charge is 0.135 e. The van der Waals surface area contributed by atoms with E-state index < -0.39 is 0 Å². The first-order valence-electron chi connectivity index (χ1n) is 8.14. The number of hydrogen-bond donors (Lipinski definition) is 1. The van der Waals surface area contributed by atoms with Gasteiger partial charge in [0.2, 0.25) is 0 Å². The molecule has 3 heteroatoms. The number of unbranched alkanes of at least 4 members (excludes halogenated alkanes) is 1. The van der Waals surface area contributed by atoms with Crippen molar-refractivity contribution >= 4 is 22.6 Å². The van der Waals surface area contributed by atoms with E-state index in [9.17, 15) is 0 Å². The quantitative estimate of drug-likeness (QED) is 0.601. The van der Waals surface area contributed by atoms with Gasteiger partial charge in [-0.3, -0.25) is 0 Å². The molecule has 0 bridgehead atoms. The van der Waals surface area contributed by atoms with Gasteiger partial charge >= 0.3 is 0 Å². The van der Waals surface area contributed by atoms with E-state index in [0.29, 0.717) is 0 Å². The van der Waals surface area contributed by atoms with Crippen LogP contribution in [0.5, 0.6) is 0 Å². The minimum atomic E-state index is -0.0895. The average Bonchev–Trinajstić information content (AvgIpc) is 2.92. The minimum absolute atomic E-state index is 0.0895. The van der Waals surface area contributed by atoms with Crippen molar-refractivity contribution in [2.45, 2.75) is 39.2 Å². The highest BCUT2D eigenvalue weighted by atomic mass is 35.5. The SMILES string of the molecule is CCCCC(N)c1oc2ccc(C)cc2c1-c1ccc(Cl)cc1. The standard InChI is InChI=1S/C20H22ClNO/c1-3-4-5-17(22)20-19(14-7-9-15(21)10-8-14)16-12-13(2)6-11-18(16)23-20/h6-12,17H,3-5,22H2,1-2H3. The maximum Gasteiger partial charge on any atom is 0.135 e. The van der Waals surface area contributed by atoms with Gasteiger partial charge < -0.3 is 10.2 Å². The summed E-state index contributed by atoms with van der Waals surface area (Å²) in [6, 6.07) is 14.1. The van der Waals surface area contributed by atoms with Crippen LogP contribution in [0.4, 0.5) is 0 Å². The molecule has 0 aliphatic rings. The Balaban J connectivity index is 2.18. The van der Waals surface area contributed by atoms with Crippen molar-refractivity contribution in [3.8, 4) is 11.1 Å². The molecule has 1 aromatic heterocycles. The number of aryl methyl sites for hydroxylation is 1. The molecule has 0 fully saturated rings. The molecule has 2 N–H and O–H groups in total. The first-order chi connectivity index (χ1) is 11.1. The van der Waals surface area contributed by atoms with Crippen molar-refractivity contribution in [1.82, 2.24) is 0 Å². The predicted octanol–water partition coefficient (Wildman–Crippen LogP) is 6.25. The molecule has 120 valence electrons. The zero-order valence-corrected chi connectivity index (χ0v) is 14.4. The third-order valence-corrected chi connectivity index (χ3v) is 4.46. The molecule has 1 unspecified atom stereocenters. The van der Waals surface area contributed by atoms with Crippen LogP contribution >= 0.6 is 11.6 Å². The molecule has 0 aliphatic carbocycles. The second-order valence-corrected chi connectivity index (χ2v) is 6.53. The van der Waals surface area contributed by atoms with Crippen molar-refractivity contribution in [2.75, 3.05) is 0 Å². The van der Waals surface area contributed by atoms with Crippen LogP contribution in [-0.4, -0.2) is 0 Å². The van der Waals surface area contributed by atoms with Crippen molar-refractivity contribution in [2.24, 2.45) is 5.73 Å². The molecule has 0 spiro atoms. The molecular formula is C20H22ClNO. The normalized spacial score (nSPS) is 12.7. The summed E-state index contributed by atoms with van der Waals surface area (Å²) in [5.41, 5.74) is 10.7. The number of nitrogens with two attached hydrogens (primary N) is 1. The number of furan rings is 1. The highest BCUT2D eigenvalue weighted by Crippen LogP contribution is 2.39. The Bertz CT molecular complexity index is 804. The second-order valence-electron chi connectivity index (χ2n) is 6.10. The maximum absolute atomic E-state index is 6.43. The molecule has 1 atom stereocenters. The summed E-state index contributed by atoms with van der Waals surface area (Å²) in [6.45, 7) is 4.27. The zero-order chi connectivity index (χ0) is 16.4. The predicted molar refractivity (Wildman–Crippen MR) is 97.9 cm³/mol. The van der Waals surface area contributed by atoms with Crippen molar-refractivity contribution in [1.29, 1.82) is 0 Å². The molecular weight excluding hydrogens is 306 g/mol. The van der Waals surface area contributed by atoms with Gasteiger partial charge in [0.25, 0.3) is 0 Å². The Morgan fingerprint density at radius 2 is 1.87 bits per heavy atom. The number of hydrogen-bond acceptors (Lipinski definition) is 2. The van der Waals surface area contributed by atoms with Gasteiger partial charge in [0.05, 0.1) is 6.04 Å². The minimum Gasteiger partial charge on any atom is -0.459 e. The van der Waals surface area contributed by atoms with E-state index in [-0.39, 0.29) is 6.04 Å². The summed E-state index contributed by atoms with van der Waals surface area (Å²) >= 11 is 6.04. The van der Waals surface area contributed by atoms with E-state index >= 15 is 0 Å². The fourth-order valence-electron chi connectivity index (χ4n) is 2.96. The summed E-state index contributed by atoms with van der Waals surface area (Å²) in [7, 11) is 0. The molecule has 2 nitrogen and oxygen atoms in total. The van der Waals surface area contributed by atoms with Gasteiger partial charge in [0.15, 0.2) is 0 Å². The van der Waals surface area contributed by atoms with Crippen molar-refractivity contribution in [3.63, 3.8) is 0 Å². The molecule has 0 saturated heterocycles. The van der Waals surface area contributed by atoms with E-state index in [4.69, 9.17) is 21.8 Å². The fraction of sp³-hybridized carbons (Fsp3) is 0.300. The summed E-state index contributed by atoms with van der Waals surface area (Å²) in [5, 5.41) is 1.85. The van der Waals surface area contributed by atoms with E-state index in [1.54, 1.807) is 0 Å². The van der Waals surface area contributed by atoms with Crippen LogP contribution in [0.25, 0.3) is 22.1 Å². The Hall–Kier alpha value is -1.77. The lowest BCUT2D eigenvalue weighted by molar-refractivity contribution is 0.469. The Kier molecular flexibility index (Phi) is 4.74. The van der Waals surface area contributed by atoms with Gasteiger partial charge in [0.1, 0.15) is 11.3 Å². The monoisotopic (exact) mass is 327 g/mol. The van der Waals surface area contributed by atoms with Gasteiger partial charge in [-0.15, -0.1) is 0 Å². The van der Waals surface area contributed by atoms with Crippen molar-refractivity contribution < 1.29 is 4.42 Å². The zero-order valence-electron chi connectivity index (χ0n) is 13.6. The number of fused-ring (bicyclic) bond motifs is 1. The maximum atomic E-state index is 6.43. The van der Waals surface area contributed by atoms with Gasteiger partial charge in [-0.1, -0.05) is 55.1 Å². The molecule has 1 heterocycles. The third-order valence-electron chi connectivity index (χ3n) is 4.21. The van der Waals surface area contributed by atoms with Gasteiger partial charge in [-0.2, -0.15) is 0 Å². The lowest BCUT2D eigenvalue weighted by Crippen LogP contribution is -2.10. The van der Waals surface area contributed by atoms with Crippen LogP contribution in [0.15, 0.2) is 46.9 Å². The largest absolute Gasteiger partial charge is 0.459 e. The molecule has 2 aromatic carbocycles. The molecule has 3 aromatic rings. The average molecular weight is 328 g/mol. The lowest BCUT2D eigenvalue weighted by atomic mass is 9.96. The Morgan fingerprint density at radius 1 is 1.13 bits per heavy atom. The Morgan fingerprint density at radius 3 is 2.57 bits per heavy atom. The second kappa shape index (κ2) is 6.77. The number of rotatable bonds is 5. The van der Waals surface area contributed by atoms with Gasteiger partial charge in [0, 0.05) is 16.0 Å². The highest BCUT2D eigenvalue weighted by molar-refractivity contribution is 6.30. The summed E-state index contributed by atoms with van der Waals surface area (Å²) in [6.07, 6.45) is 3.15. The molecule has 23 heavy (non-hydrogen) atoms. The van der Waals surface area contributed by atoms with Crippen LogP contribution < -0.4 is 5.73 Å². The fourth-order valence-corrected chi connectivity index (χ4v) is 3.09. The first-order valence-corrected chi connectivity index (χ1v) is 8.52. The van der Waals surface area contributed by atoms with E-state index in [1.165, 1.54) is 5.56 Å². The van der Waals surface area contributed by atoms with Crippen molar-refractivity contribution in [3.05, 3.63) is 58.8 Å². The third kappa shape index (κ3) is 3.29. The topological polar surface area (TPSA) is 39.2 Å². The van der Waals surface area contributed by atoms with Gasteiger partial charge in [-0.05, 0) is 43.2 Å². The summed E-state index contributed by atoms with van der Waals surface area (Å²) < 4.78 is 6.14. The molecule has 0 radical (unpaired) electrons. The lowest BCUT2D eigenvalue weighted by Gasteiger charge is -2.11. The van der Waals surface area contributed by atoms with E-state index in [0.717, 1.165) is 52.1 Å². The number of benzene rings is 2. The molecule has 3 rings (SSSR count). The Labute approximate surface area is 142 Å². The van der Waals surface area contributed by atoms with Crippen LogP contribution in [-0.2, 0) is 0 Å². The first kappa shape index (κ1) is 16.1. The van der Waals surface area contributed by atoms with Crippen LogP contribution in [0.3, 0.4) is 0 Å². The number of halogens is 1. The molecule has 0 aliphatic heterocycles. The summed E-state index contributed by atoms with van der Waals surface area (Å²) in [5.74, 6) is 0.876. The van der Waals surface area contributed by atoms with Crippen LogP contribution in [0.1, 0.15) is 43.6 Å². The van der Waals surface area contributed by atoms with Gasteiger partial charge in [-0.25, -0.2) is 0 Å². The molecule has 0 amide bonds. The van der Waals surface area contributed by atoms with E-state index in [2.05, 4.69) is 26.0 Å². The summed E-state index contributed by atoms with van der Waals surface area (Å²) in [4.78, 5) is 0. The van der Waals surface area contributed by atoms with Crippen LogP contribution in [0, 0.1) is 6.92 Å². The van der Waals surface area contributed by atoms with E-state index in [1.807, 2.05) is 30.3 Å². The molecule has 0 saturated carbocycles. The van der Waals surface area contributed by atoms with Crippen LogP contribution in [0.2, 0.25) is 5.02 Å².